The summed E-state index contributed by atoms with van der Waals surface area (Å²) in [6, 6.07) is 12.7. The lowest BCUT2D eigenvalue weighted by Crippen LogP contribution is -2.43. The van der Waals surface area contributed by atoms with Crippen molar-refractivity contribution in [2.45, 2.75) is 24.0 Å². The van der Waals surface area contributed by atoms with Crippen LogP contribution in [0.5, 0.6) is 5.75 Å². The molecule has 0 unspecified atom stereocenters. The Morgan fingerprint density at radius 2 is 1.85 bits per heavy atom. The molecule has 1 fully saturated rings. The summed E-state index contributed by atoms with van der Waals surface area (Å²) in [5.74, 6) is 0.505. The normalized spacial score (nSPS) is 17.7. The average Bonchev–Trinajstić information content (AvgIpc) is 2.94. The number of nitrogens with zero attached hydrogens (tertiary/aromatic N) is 4. The first-order chi connectivity index (χ1) is 18.8. The van der Waals surface area contributed by atoms with Crippen LogP contribution in [0.3, 0.4) is 0 Å². The maximum atomic E-state index is 13.0. The van der Waals surface area contributed by atoms with Crippen molar-refractivity contribution in [3.8, 4) is 5.75 Å². The zero-order valence-electron chi connectivity index (χ0n) is 22.3. The lowest BCUT2D eigenvalue weighted by atomic mass is 10.0. The number of benzene rings is 2. The summed E-state index contributed by atoms with van der Waals surface area (Å²) in [5, 5.41) is 16.1. The van der Waals surface area contributed by atoms with E-state index in [4.69, 9.17) is 4.74 Å². The van der Waals surface area contributed by atoms with Gasteiger partial charge in [0.15, 0.2) is 15.6 Å². The van der Waals surface area contributed by atoms with E-state index in [2.05, 4.69) is 31.2 Å². The number of carbonyl (C=O) groups is 1. The van der Waals surface area contributed by atoms with Gasteiger partial charge in [-0.2, -0.15) is 10.2 Å². The van der Waals surface area contributed by atoms with Crippen molar-refractivity contribution in [3.05, 3.63) is 65.6 Å². The first kappa shape index (κ1) is 26.7. The van der Waals surface area contributed by atoms with Crippen LogP contribution in [0.2, 0.25) is 0 Å². The number of ketones is 1. The van der Waals surface area contributed by atoms with Crippen LogP contribution < -0.4 is 25.7 Å². The molecule has 39 heavy (non-hydrogen) atoms. The second-order valence-electron chi connectivity index (χ2n) is 9.77. The number of carbonyl (C=O) groups excluding carboxylic acids is 1. The number of para-hydroxylation sites is 1. The monoisotopic (exact) mass is 551 g/mol. The fourth-order valence-electron chi connectivity index (χ4n) is 4.76. The number of hydrogen-bond acceptors (Lipinski definition) is 11. The van der Waals surface area contributed by atoms with Crippen molar-refractivity contribution in [2.24, 2.45) is 10.2 Å². The molecule has 5 rings (SSSR count). The Morgan fingerprint density at radius 1 is 1.08 bits per heavy atom. The van der Waals surface area contributed by atoms with Gasteiger partial charge in [0.2, 0.25) is 0 Å². The van der Waals surface area contributed by atoms with Crippen LogP contribution >= 0.6 is 0 Å². The highest BCUT2D eigenvalue weighted by Gasteiger charge is 2.30. The molecule has 0 aliphatic carbocycles. The Hall–Kier alpha value is -3.90. The van der Waals surface area contributed by atoms with E-state index in [9.17, 15) is 13.2 Å². The van der Waals surface area contributed by atoms with Gasteiger partial charge in [0.1, 0.15) is 18.0 Å². The first-order valence-electron chi connectivity index (χ1n) is 12.9. The van der Waals surface area contributed by atoms with Crippen molar-refractivity contribution >= 4 is 32.7 Å². The summed E-state index contributed by atoms with van der Waals surface area (Å²) in [7, 11) is -1.92. The third-order valence-electron chi connectivity index (χ3n) is 6.87. The van der Waals surface area contributed by atoms with Gasteiger partial charge in [-0.25, -0.2) is 8.42 Å². The number of fused-ring (bicyclic) bond motifs is 1. The Balaban J connectivity index is 1.45. The fourth-order valence-corrected chi connectivity index (χ4v) is 5.95. The average molecular weight is 552 g/mol. The van der Waals surface area contributed by atoms with E-state index in [0.29, 0.717) is 34.1 Å². The van der Waals surface area contributed by atoms with Crippen LogP contribution in [0.25, 0.3) is 0 Å². The number of nitrogens with one attached hydrogen (secondary N) is 3. The number of hydrazine groups is 1. The number of allylic oxidation sites excluding steroid dienone is 1. The molecule has 0 aromatic heterocycles. The maximum absolute atomic E-state index is 13.0. The number of piperazine rings is 1. The molecule has 3 aliphatic rings. The topological polar surface area (TPSA) is 128 Å². The minimum absolute atomic E-state index is 0.0280. The van der Waals surface area contributed by atoms with Crippen LogP contribution in [-0.4, -0.2) is 70.8 Å². The quantitative estimate of drug-likeness (QED) is 0.453. The molecule has 3 N–H and O–H groups in total. The molecule has 12 heteroatoms. The third kappa shape index (κ3) is 5.48. The second kappa shape index (κ2) is 11.1. The smallest absolute Gasteiger partial charge is 0.190 e. The van der Waals surface area contributed by atoms with Gasteiger partial charge in [0.05, 0.1) is 46.4 Å². The Labute approximate surface area is 228 Å². The van der Waals surface area contributed by atoms with Crippen LogP contribution in [-0.2, 0) is 14.6 Å². The second-order valence-corrected chi connectivity index (χ2v) is 12.2. The number of sulfone groups is 1. The highest BCUT2D eigenvalue weighted by molar-refractivity contribution is 7.92. The molecule has 0 saturated carbocycles. The number of rotatable bonds is 8. The molecular formula is C27H33N7O4S. The lowest BCUT2D eigenvalue weighted by Gasteiger charge is -2.32. The van der Waals surface area contributed by atoms with E-state index in [-0.39, 0.29) is 23.8 Å². The SMILES string of the molecule is COc1cc(N2CCNCC2)ccc1NC1=C2C(=O)CN=NC2=CN(Nc2ccccc2S(=O)(=O)C(C)C)C1. The van der Waals surface area contributed by atoms with Gasteiger partial charge in [-0.15, -0.1) is 0 Å². The molecule has 0 atom stereocenters. The summed E-state index contributed by atoms with van der Waals surface area (Å²) in [6.45, 7) is 7.20. The highest BCUT2D eigenvalue weighted by atomic mass is 32.2. The molecule has 0 spiro atoms. The number of hydrogen-bond donors (Lipinski definition) is 3. The molecule has 1 saturated heterocycles. The van der Waals surface area contributed by atoms with Crippen molar-refractivity contribution in [1.82, 2.24) is 10.3 Å². The van der Waals surface area contributed by atoms with Crippen LogP contribution in [0, 0.1) is 0 Å². The fraction of sp³-hybridized carbons (Fsp3) is 0.370. The van der Waals surface area contributed by atoms with Gasteiger partial charge < -0.3 is 20.3 Å². The molecule has 2 aromatic carbocycles. The molecule has 0 bridgehead atoms. The third-order valence-corrected chi connectivity index (χ3v) is 9.08. The Morgan fingerprint density at radius 3 is 2.59 bits per heavy atom. The minimum Gasteiger partial charge on any atom is -0.494 e. The van der Waals surface area contributed by atoms with Crippen molar-refractivity contribution in [1.29, 1.82) is 0 Å². The summed E-state index contributed by atoms with van der Waals surface area (Å²) < 4.78 is 31.7. The number of methoxy groups -OCH3 is 1. The molecule has 11 nitrogen and oxygen atoms in total. The van der Waals surface area contributed by atoms with Gasteiger partial charge in [-0.05, 0) is 38.1 Å². The van der Waals surface area contributed by atoms with Crippen LogP contribution in [0.1, 0.15) is 13.8 Å². The summed E-state index contributed by atoms with van der Waals surface area (Å²) in [4.78, 5) is 15.4. The van der Waals surface area contributed by atoms with E-state index in [1.807, 2.05) is 18.2 Å². The minimum atomic E-state index is -3.53. The van der Waals surface area contributed by atoms with Gasteiger partial charge >= 0.3 is 0 Å². The molecular weight excluding hydrogens is 518 g/mol. The van der Waals surface area contributed by atoms with E-state index >= 15 is 0 Å². The van der Waals surface area contributed by atoms with Crippen molar-refractivity contribution in [3.63, 3.8) is 0 Å². The molecule has 0 radical (unpaired) electrons. The van der Waals surface area contributed by atoms with E-state index in [1.54, 1.807) is 56.4 Å². The van der Waals surface area contributed by atoms with Gasteiger partial charge in [-0.1, -0.05) is 12.1 Å². The number of azo groups is 1. The predicted octanol–water partition coefficient (Wildman–Crippen LogP) is 3.17. The van der Waals surface area contributed by atoms with E-state index < -0.39 is 15.1 Å². The van der Waals surface area contributed by atoms with E-state index in [0.717, 1.165) is 31.9 Å². The summed E-state index contributed by atoms with van der Waals surface area (Å²) in [6.07, 6.45) is 1.67. The van der Waals surface area contributed by atoms with Gasteiger partial charge in [0.25, 0.3) is 0 Å². The summed E-state index contributed by atoms with van der Waals surface area (Å²) in [5.41, 5.74) is 6.87. The molecule has 3 aliphatic heterocycles. The number of ether oxygens (including phenoxy) is 1. The van der Waals surface area contributed by atoms with Crippen molar-refractivity contribution < 1.29 is 17.9 Å². The maximum Gasteiger partial charge on any atom is 0.190 e. The number of anilines is 3. The molecule has 2 aromatic rings. The van der Waals surface area contributed by atoms with Gasteiger partial charge in [0, 0.05) is 44.1 Å². The Kier molecular flexibility index (Phi) is 7.58. The van der Waals surface area contributed by atoms with Crippen LogP contribution in [0.4, 0.5) is 17.1 Å². The number of Topliss-reactive ketones (excluding diaryl/α,β-unsaturated/α-hetero) is 1. The zero-order chi connectivity index (χ0) is 27.6. The van der Waals surface area contributed by atoms with Gasteiger partial charge in [-0.3, -0.25) is 15.2 Å². The highest BCUT2D eigenvalue weighted by Crippen LogP contribution is 2.35. The van der Waals surface area contributed by atoms with E-state index in [1.165, 1.54) is 0 Å². The molecule has 0 amide bonds. The summed E-state index contributed by atoms with van der Waals surface area (Å²) >= 11 is 0. The Bertz CT molecular complexity index is 1460. The molecule has 206 valence electrons. The predicted molar refractivity (Wildman–Crippen MR) is 151 cm³/mol. The first-order valence-corrected chi connectivity index (χ1v) is 14.5. The van der Waals surface area contributed by atoms with Crippen molar-refractivity contribution in [2.75, 3.05) is 62.0 Å². The molecule has 3 heterocycles. The largest absolute Gasteiger partial charge is 0.494 e. The van der Waals surface area contributed by atoms with Crippen LogP contribution in [0.15, 0.2) is 80.8 Å². The standard InChI is InChI=1S/C27H33N7O4S/c1-18(2)39(36,37)26-7-5-4-6-21(26)32-34-16-22(27-23(17-34)31-29-15-24(27)35)30-20-9-8-19(14-25(20)38-3)33-12-10-28-11-13-33/h4-9,14,17-18,28,30,32H,10-13,15-16H2,1-3H3. The zero-order valence-corrected chi connectivity index (χ0v) is 23.1. The lowest BCUT2D eigenvalue weighted by molar-refractivity contribution is -0.114.